The van der Waals surface area contributed by atoms with Crippen LogP contribution in [-0.4, -0.2) is 36.1 Å². The Hall–Kier alpha value is -0.380. The quantitative estimate of drug-likeness (QED) is 0.467. The van der Waals surface area contributed by atoms with Crippen molar-refractivity contribution in [2.75, 3.05) is 0 Å². The lowest BCUT2D eigenvalue weighted by Gasteiger charge is -2.44. The molecule has 2 aliphatic carbocycles. The van der Waals surface area contributed by atoms with Gasteiger partial charge in [0, 0.05) is 0 Å². The maximum atomic E-state index is 7.01. The van der Waals surface area contributed by atoms with Crippen LogP contribution in [0.3, 0.4) is 0 Å². The van der Waals surface area contributed by atoms with Crippen LogP contribution < -0.4 is 0 Å². The first-order chi connectivity index (χ1) is 14.2. The molecule has 2 saturated carbocycles. The fourth-order valence-corrected chi connectivity index (χ4v) is 6.79. The molecule has 4 rings (SSSR count). The lowest BCUT2D eigenvalue weighted by Crippen LogP contribution is -2.51. The van der Waals surface area contributed by atoms with E-state index in [9.17, 15) is 0 Å². The summed E-state index contributed by atoms with van der Waals surface area (Å²) in [5.41, 5.74) is -0.342. The average molecular weight is 419 g/mol. The van der Waals surface area contributed by atoms with Crippen LogP contribution in [0.5, 0.6) is 0 Å². The van der Waals surface area contributed by atoms with Crippen LogP contribution in [-0.2, 0) is 14.2 Å². The van der Waals surface area contributed by atoms with E-state index in [1.54, 1.807) is 0 Å². The Bertz CT molecular complexity index is 613. The van der Waals surface area contributed by atoms with E-state index in [4.69, 9.17) is 14.2 Å². The van der Waals surface area contributed by atoms with Gasteiger partial charge in [0.2, 0.25) is 0 Å². The van der Waals surface area contributed by atoms with E-state index in [0.717, 1.165) is 11.8 Å². The average Bonchev–Trinajstić information content (AvgIpc) is 3.17. The maximum absolute atomic E-state index is 7.01. The molecular formula is C27H46O3. The minimum absolute atomic E-state index is 0.00842. The molecule has 3 fully saturated rings. The number of hydrogen-bond acceptors (Lipinski definition) is 3. The van der Waals surface area contributed by atoms with Crippen molar-refractivity contribution in [3.63, 3.8) is 0 Å². The van der Waals surface area contributed by atoms with Crippen LogP contribution in [0.15, 0.2) is 12.2 Å². The summed E-state index contributed by atoms with van der Waals surface area (Å²) in [4.78, 5) is 0. The number of hydrogen-bond donors (Lipinski definition) is 0. The minimum atomic E-state index is -0.342. The van der Waals surface area contributed by atoms with Gasteiger partial charge in [-0.1, -0.05) is 66.5 Å². The molecule has 30 heavy (non-hydrogen) atoms. The second-order valence-electron chi connectivity index (χ2n) is 12.0. The van der Waals surface area contributed by atoms with Crippen LogP contribution in [0.25, 0.3) is 0 Å². The summed E-state index contributed by atoms with van der Waals surface area (Å²) in [5.74, 6) is 4.12. The Labute approximate surface area is 185 Å². The lowest BCUT2D eigenvalue weighted by molar-refractivity contribution is -0.168. The maximum Gasteiger partial charge on any atom is 0.119 e. The Morgan fingerprint density at radius 3 is 1.90 bits per heavy atom. The van der Waals surface area contributed by atoms with E-state index in [0.29, 0.717) is 35.9 Å². The smallest absolute Gasteiger partial charge is 0.119 e. The zero-order valence-electron chi connectivity index (χ0n) is 20.5. The largest absolute Gasteiger partial charge is 0.369 e. The van der Waals surface area contributed by atoms with Crippen LogP contribution in [0, 0.1) is 35.5 Å². The zero-order valence-corrected chi connectivity index (χ0v) is 20.5. The van der Waals surface area contributed by atoms with E-state index >= 15 is 0 Å². The topological polar surface area (TPSA) is 27.7 Å². The SMILES string of the molecule is CC1CCC(C(C)C)C(OC2C3C=CC(C)(O3)C2OC2CC(C)CCC2C(C)C)C1. The molecular weight excluding hydrogens is 372 g/mol. The summed E-state index contributed by atoms with van der Waals surface area (Å²) in [6, 6.07) is 0. The van der Waals surface area contributed by atoms with Crippen molar-refractivity contribution in [3.05, 3.63) is 12.2 Å². The van der Waals surface area contributed by atoms with Gasteiger partial charge in [0.25, 0.3) is 0 Å². The molecule has 10 unspecified atom stereocenters. The summed E-state index contributed by atoms with van der Waals surface area (Å²) in [5, 5.41) is 0. The van der Waals surface area contributed by atoms with Crippen molar-refractivity contribution >= 4 is 0 Å². The van der Waals surface area contributed by atoms with E-state index in [1.165, 1.54) is 38.5 Å². The third-order valence-corrected chi connectivity index (χ3v) is 8.77. The van der Waals surface area contributed by atoms with Crippen molar-refractivity contribution in [1.29, 1.82) is 0 Å². The van der Waals surface area contributed by atoms with E-state index in [1.807, 2.05) is 0 Å². The Morgan fingerprint density at radius 2 is 1.37 bits per heavy atom. The molecule has 0 spiro atoms. The normalized spacial score (nSPS) is 48.8. The predicted octanol–water partition coefficient (Wildman–Crippen LogP) is 6.41. The highest BCUT2D eigenvalue weighted by Gasteiger charge is 2.57. The Morgan fingerprint density at radius 1 is 0.833 bits per heavy atom. The second-order valence-corrected chi connectivity index (χ2v) is 12.0. The van der Waals surface area contributed by atoms with Gasteiger partial charge in [0.05, 0.1) is 12.2 Å². The van der Waals surface area contributed by atoms with Crippen LogP contribution in [0.4, 0.5) is 0 Å². The first kappa shape index (κ1) is 22.8. The molecule has 0 amide bonds. The molecule has 2 heterocycles. The fourth-order valence-electron chi connectivity index (χ4n) is 6.79. The third-order valence-electron chi connectivity index (χ3n) is 8.77. The third kappa shape index (κ3) is 4.41. The summed E-state index contributed by atoms with van der Waals surface area (Å²) < 4.78 is 20.4. The van der Waals surface area contributed by atoms with Crippen molar-refractivity contribution in [3.8, 4) is 0 Å². The molecule has 1 saturated heterocycles. The Kier molecular flexibility index (Phi) is 6.74. The molecule has 0 aromatic heterocycles. The molecule has 3 heteroatoms. The van der Waals surface area contributed by atoms with Gasteiger partial charge in [-0.15, -0.1) is 0 Å². The van der Waals surface area contributed by atoms with E-state index < -0.39 is 0 Å². The monoisotopic (exact) mass is 418 g/mol. The van der Waals surface area contributed by atoms with Crippen LogP contribution in [0.2, 0.25) is 0 Å². The fraction of sp³-hybridized carbons (Fsp3) is 0.926. The standard InChI is InChI=1S/C27H46O3/c1-16(2)20-10-8-18(5)14-23(20)28-25-22-12-13-27(7,30-22)26(25)29-24-15-19(6)9-11-21(24)17(3)4/h12-13,16-26H,8-11,14-15H2,1-7H3. The van der Waals surface area contributed by atoms with Crippen LogP contribution in [0.1, 0.15) is 87.0 Å². The zero-order chi connectivity index (χ0) is 21.6. The van der Waals surface area contributed by atoms with Crippen molar-refractivity contribution in [2.24, 2.45) is 35.5 Å². The molecule has 0 aromatic rings. The van der Waals surface area contributed by atoms with Crippen LogP contribution >= 0.6 is 0 Å². The molecule has 3 nitrogen and oxygen atoms in total. The predicted molar refractivity (Wildman–Crippen MR) is 122 cm³/mol. The highest BCUT2D eigenvalue weighted by Crippen LogP contribution is 2.47. The van der Waals surface area contributed by atoms with Gasteiger partial charge in [0.1, 0.15) is 23.9 Å². The van der Waals surface area contributed by atoms with Gasteiger partial charge >= 0.3 is 0 Å². The highest BCUT2D eigenvalue weighted by molar-refractivity contribution is 5.24. The first-order valence-electron chi connectivity index (χ1n) is 12.9. The minimum Gasteiger partial charge on any atom is -0.369 e. The lowest BCUT2D eigenvalue weighted by atomic mass is 9.74. The number of fused-ring (bicyclic) bond motifs is 2. The van der Waals surface area contributed by atoms with E-state index in [2.05, 4.69) is 60.6 Å². The summed E-state index contributed by atoms with van der Waals surface area (Å²) in [6.45, 7) is 16.4. The molecule has 172 valence electrons. The molecule has 4 aliphatic rings. The van der Waals surface area contributed by atoms with Gasteiger partial charge in [-0.25, -0.2) is 0 Å². The molecule has 0 radical (unpaired) electrons. The summed E-state index contributed by atoms with van der Waals surface area (Å²) >= 11 is 0. The molecule has 2 aliphatic heterocycles. The number of rotatable bonds is 6. The summed E-state index contributed by atoms with van der Waals surface area (Å²) in [6.07, 6.45) is 12.8. The van der Waals surface area contributed by atoms with Crippen molar-refractivity contribution in [2.45, 2.75) is 123 Å². The highest BCUT2D eigenvalue weighted by atomic mass is 16.6. The molecule has 10 atom stereocenters. The summed E-state index contributed by atoms with van der Waals surface area (Å²) in [7, 11) is 0. The van der Waals surface area contributed by atoms with Gasteiger partial charge in [-0.05, 0) is 68.1 Å². The Balaban J connectivity index is 1.53. The van der Waals surface area contributed by atoms with E-state index in [-0.39, 0.29) is 23.9 Å². The van der Waals surface area contributed by atoms with Crippen molar-refractivity contribution < 1.29 is 14.2 Å². The van der Waals surface area contributed by atoms with Crippen molar-refractivity contribution in [1.82, 2.24) is 0 Å². The second kappa shape index (κ2) is 8.87. The number of ether oxygens (including phenoxy) is 3. The van der Waals surface area contributed by atoms with Gasteiger partial charge < -0.3 is 14.2 Å². The van der Waals surface area contributed by atoms with Gasteiger partial charge in [0.15, 0.2) is 0 Å². The molecule has 2 bridgehead atoms. The molecule has 0 N–H and O–H groups in total. The first-order valence-corrected chi connectivity index (χ1v) is 12.9. The molecule has 0 aromatic carbocycles. The van der Waals surface area contributed by atoms with Gasteiger partial charge in [-0.2, -0.15) is 0 Å². The van der Waals surface area contributed by atoms with Gasteiger partial charge in [-0.3, -0.25) is 0 Å².